The third kappa shape index (κ3) is 7.01. The zero-order valence-corrected chi connectivity index (χ0v) is 14.3. The second-order valence-electron chi connectivity index (χ2n) is 5.82. The predicted molar refractivity (Wildman–Crippen MR) is 93.8 cm³/mol. The van der Waals surface area contributed by atoms with Crippen molar-refractivity contribution in [2.75, 3.05) is 32.9 Å². The van der Waals surface area contributed by atoms with E-state index in [9.17, 15) is 0 Å². The van der Waals surface area contributed by atoms with Crippen molar-refractivity contribution in [1.29, 1.82) is 0 Å². The van der Waals surface area contributed by atoms with Crippen LogP contribution >= 0.6 is 0 Å². The van der Waals surface area contributed by atoms with Crippen molar-refractivity contribution >= 4 is 5.96 Å². The smallest absolute Gasteiger partial charge is 0.191 e. The second kappa shape index (κ2) is 10.2. The fraction of sp³-hybridized carbons (Fsp3) is 0.611. The molecule has 128 valence electrons. The molecule has 1 aliphatic rings. The van der Waals surface area contributed by atoms with Gasteiger partial charge in [-0.25, -0.2) is 4.99 Å². The van der Waals surface area contributed by atoms with Crippen molar-refractivity contribution in [2.24, 2.45) is 4.99 Å². The van der Waals surface area contributed by atoms with Crippen molar-refractivity contribution in [3.05, 3.63) is 35.4 Å². The van der Waals surface area contributed by atoms with Crippen molar-refractivity contribution in [1.82, 2.24) is 10.6 Å². The molecule has 5 nitrogen and oxygen atoms in total. The van der Waals surface area contributed by atoms with E-state index in [2.05, 4.69) is 53.7 Å². The lowest BCUT2D eigenvalue weighted by molar-refractivity contribution is 0.0420. The van der Waals surface area contributed by atoms with Gasteiger partial charge in [0.15, 0.2) is 5.96 Å². The summed E-state index contributed by atoms with van der Waals surface area (Å²) in [6.07, 6.45) is 2.28. The van der Waals surface area contributed by atoms with Gasteiger partial charge < -0.3 is 20.1 Å². The molecule has 0 spiro atoms. The average Bonchev–Trinajstić information content (AvgIpc) is 3.05. The maximum atomic E-state index is 5.76. The zero-order valence-electron chi connectivity index (χ0n) is 14.3. The normalized spacial score (nSPS) is 18.2. The lowest BCUT2D eigenvalue weighted by Crippen LogP contribution is -2.38. The first-order chi connectivity index (χ1) is 11.3. The zero-order chi connectivity index (χ0) is 16.3. The molecule has 0 radical (unpaired) electrons. The molecule has 0 bridgehead atoms. The summed E-state index contributed by atoms with van der Waals surface area (Å²) in [6, 6.07) is 8.46. The van der Waals surface area contributed by atoms with Gasteiger partial charge >= 0.3 is 0 Å². The van der Waals surface area contributed by atoms with Crippen LogP contribution in [0.5, 0.6) is 0 Å². The largest absolute Gasteiger partial charge is 0.379 e. The number of hydrogen-bond donors (Lipinski definition) is 2. The first-order valence-electron chi connectivity index (χ1n) is 8.55. The number of ether oxygens (including phenoxy) is 2. The van der Waals surface area contributed by atoms with Crippen LogP contribution in [0.25, 0.3) is 0 Å². The topological polar surface area (TPSA) is 54.9 Å². The van der Waals surface area contributed by atoms with E-state index in [0.29, 0.717) is 12.6 Å². The first kappa shape index (κ1) is 17.8. The summed E-state index contributed by atoms with van der Waals surface area (Å²) in [4.78, 5) is 4.63. The molecule has 0 aliphatic carbocycles. The number of aliphatic imine (C=N–C) groups is 1. The van der Waals surface area contributed by atoms with E-state index in [1.165, 1.54) is 11.1 Å². The van der Waals surface area contributed by atoms with Gasteiger partial charge in [0, 0.05) is 26.3 Å². The first-order valence-corrected chi connectivity index (χ1v) is 8.55. The van der Waals surface area contributed by atoms with E-state index in [4.69, 9.17) is 9.47 Å². The van der Waals surface area contributed by atoms with Gasteiger partial charge in [-0.15, -0.1) is 0 Å². The number of nitrogens with zero attached hydrogens (tertiary/aromatic N) is 1. The van der Waals surface area contributed by atoms with E-state index in [-0.39, 0.29) is 0 Å². The van der Waals surface area contributed by atoms with Gasteiger partial charge in [-0.3, -0.25) is 0 Å². The molecule has 1 aromatic rings. The Morgan fingerprint density at radius 1 is 1.39 bits per heavy atom. The Kier molecular flexibility index (Phi) is 7.90. The van der Waals surface area contributed by atoms with Gasteiger partial charge in [0.05, 0.1) is 19.3 Å². The predicted octanol–water partition coefficient (Wildman–Crippen LogP) is 2.25. The minimum absolute atomic E-state index is 0.290. The van der Waals surface area contributed by atoms with Gasteiger partial charge in [-0.2, -0.15) is 0 Å². The Morgan fingerprint density at radius 3 is 3.04 bits per heavy atom. The molecule has 0 amide bonds. The van der Waals surface area contributed by atoms with Crippen LogP contribution in [0, 0.1) is 6.92 Å². The SMILES string of the molecule is CCNC(=NCc1cccc(C)c1)NCCCOC1CCOC1. The Hall–Kier alpha value is -1.59. The lowest BCUT2D eigenvalue weighted by Gasteiger charge is -2.13. The number of rotatable bonds is 8. The summed E-state index contributed by atoms with van der Waals surface area (Å²) < 4.78 is 11.1. The molecule has 1 unspecified atom stereocenters. The van der Waals surface area contributed by atoms with Gasteiger partial charge in [-0.05, 0) is 32.3 Å². The van der Waals surface area contributed by atoms with Gasteiger partial charge in [0.2, 0.25) is 0 Å². The van der Waals surface area contributed by atoms with Crippen LogP contribution in [0.15, 0.2) is 29.3 Å². The summed E-state index contributed by atoms with van der Waals surface area (Å²) in [7, 11) is 0. The highest BCUT2D eigenvalue weighted by molar-refractivity contribution is 5.79. The third-order valence-electron chi connectivity index (χ3n) is 3.70. The highest BCUT2D eigenvalue weighted by atomic mass is 16.5. The standard InChI is InChI=1S/C18H29N3O2/c1-3-19-18(21-13-16-7-4-6-15(2)12-16)20-9-5-10-23-17-8-11-22-14-17/h4,6-7,12,17H,3,5,8-11,13-14H2,1-2H3,(H2,19,20,21). The Morgan fingerprint density at radius 2 is 2.30 bits per heavy atom. The maximum Gasteiger partial charge on any atom is 0.191 e. The van der Waals surface area contributed by atoms with Crippen molar-refractivity contribution in [3.8, 4) is 0 Å². The fourth-order valence-electron chi connectivity index (χ4n) is 2.50. The number of aryl methyl sites for hydroxylation is 1. The van der Waals surface area contributed by atoms with E-state index in [1.54, 1.807) is 0 Å². The van der Waals surface area contributed by atoms with Gasteiger partial charge in [-0.1, -0.05) is 29.8 Å². The van der Waals surface area contributed by atoms with Gasteiger partial charge in [0.1, 0.15) is 0 Å². The molecule has 1 saturated heterocycles. The summed E-state index contributed by atoms with van der Waals surface area (Å²) in [5, 5.41) is 6.64. The summed E-state index contributed by atoms with van der Waals surface area (Å²) in [5.74, 6) is 0.859. The van der Waals surface area contributed by atoms with E-state index in [1.807, 2.05) is 0 Å². The van der Waals surface area contributed by atoms with Crippen LogP contribution in [0.4, 0.5) is 0 Å². The quantitative estimate of drug-likeness (QED) is 0.438. The number of benzene rings is 1. The lowest BCUT2D eigenvalue weighted by atomic mass is 10.1. The van der Waals surface area contributed by atoms with Crippen molar-refractivity contribution in [3.63, 3.8) is 0 Å². The van der Waals surface area contributed by atoms with Crippen molar-refractivity contribution < 1.29 is 9.47 Å². The van der Waals surface area contributed by atoms with Crippen LogP contribution in [-0.2, 0) is 16.0 Å². The highest BCUT2D eigenvalue weighted by Gasteiger charge is 2.15. The molecule has 2 rings (SSSR count). The minimum atomic E-state index is 0.290. The highest BCUT2D eigenvalue weighted by Crippen LogP contribution is 2.08. The van der Waals surface area contributed by atoms with E-state index in [0.717, 1.165) is 51.7 Å². The van der Waals surface area contributed by atoms with Crippen LogP contribution in [0.1, 0.15) is 30.9 Å². The molecule has 0 aromatic heterocycles. The van der Waals surface area contributed by atoms with E-state index < -0.39 is 0 Å². The summed E-state index contributed by atoms with van der Waals surface area (Å²) in [6.45, 7) is 8.92. The molecular weight excluding hydrogens is 290 g/mol. The second-order valence-corrected chi connectivity index (χ2v) is 5.82. The minimum Gasteiger partial charge on any atom is -0.379 e. The molecule has 1 aromatic carbocycles. The van der Waals surface area contributed by atoms with Crippen LogP contribution in [0.2, 0.25) is 0 Å². The number of hydrogen-bond acceptors (Lipinski definition) is 3. The Labute approximate surface area is 139 Å². The van der Waals surface area contributed by atoms with Crippen LogP contribution in [-0.4, -0.2) is 45.0 Å². The van der Waals surface area contributed by atoms with Crippen molar-refractivity contribution in [2.45, 2.75) is 39.3 Å². The maximum absolute atomic E-state index is 5.76. The van der Waals surface area contributed by atoms with Crippen LogP contribution < -0.4 is 10.6 Å². The Balaban J connectivity index is 1.68. The fourth-order valence-corrected chi connectivity index (χ4v) is 2.50. The molecule has 0 saturated carbocycles. The number of nitrogens with one attached hydrogen (secondary N) is 2. The number of guanidine groups is 1. The van der Waals surface area contributed by atoms with Gasteiger partial charge in [0.25, 0.3) is 0 Å². The Bertz CT molecular complexity index is 485. The summed E-state index contributed by atoms with van der Waals surface area (Å²) in [5.41, 5.74) is 2.50. The molecule has 1 aliphatic heterocycles. The average molecular weight is 319 g/mol. The van der Waals surface area contributed by atoms with E-state index >= 15 is 0 Å². The monoisotopic (exact) mass is 319 g/mol. The molecule has 1 fully saturated rings. The molecule has 23 heavy (non-hydrogen) atoms. The molecule has 2 N–H and O–H groups in total. The van der Waals surface area contributed by atoms with Crippen LogP contribution in [0.3, 0.4) is 0 Å². The molecular formula is C18H29N3O2. The molecule has 1 heterocycles. The molecule has 1 atom stereocenters. The third-order valence-corrected chi connectivity index (χ3v) is 3.70. The molecule has 5 heteroatoms. The summed E-state index contributed by atoms with van der Waals surface area (Å²) >= 11 is 0.